The monoisotopic (exact) mass is 247 g/mol. The SMILES string of the molecule is CN(C)CCN(C)C1CCc2ccccc2C1N. The van der Waals surface area contributed by atoms with Gasteiger partial charge in [-0.05, 0) is 45.1 Å². The van der Waals surface area contributed by atoms with Crippen molar-refractivity contribution < 1.29 is 0 Å². The molecule has 2 unspecified atom stereocenters. The van der Waals surface area contributed by atoms with E-state index in [1.54, 1.807) is 0 Å². The molecule has 0 saturated carbocycles. The summed E-state index contributed by atoms with van der Waals surface area (Å²) in [5.41, 5.74) is 9.21. The molecule has 100 valence electrons. The molecule has 0 fully saturated rings. The van der Waals surface area contributed by atoms with Gasteiger partial charge in [0.25, 0.3) is 0 Å². The Kier molecular flexibility index (Phi) is 4.38. The predicted octanol–water partition coefficient (Wildman–Crippen LogP) is 1.49. The van der Waals surface area contributed by atoms with Crippen LogP contribution in [-0.4, -0.2) is 50.1 Å². The van der Waals surface area contributed by atoms with E-state index in [0.717, 1.165) is 19.5 Å². The molecule has 0 spiro atoms. The van der Waals surface area contributed by atoms with Crippen LogP contribution in [0.5, 0.6) is 0 Å². The third kappa shape index (κ3) is 2.91. The third-order valence-electron chi connectivity index (χ3n) is 4.00. The van der Waals surface area contributed by atoms with E-state index in [-0.39, 0.29) is 6.04 Å². The molecule has 1 aromatic carbocycles. The van der Waals surface area contributed by atoms with Crippen molar-refractivity contribution in [3.8, 4) is 0 Å². The van der Waals surface area contributed by atoms with E-state index in [1.807, 2.05) is 0 Å². The number of hydrogen-bond donors (Lipinski definition) is 1. The smallest absolute Gasteiger partial charge is 0.0455 e. The van der Waals surface area contributed by atoms with Crippen LogP contribution in [0.1, 0.15) is 23.6 Å². The van der Waals surface area contributed by atoms with Crippen LogP contribution in [0.3, 0.4) is 0 Å². The topological polar surface area (TPSA) is 32.5 Å². The number of nitrogens with two attached hydrogens (primary N) is 1. The second kappa shape index (κ2) is 5.83. The van der Waals surface area contributed by atoms with Crippen LogP contribution < -0.4 is 5.73 Å². The van der Waals surface area contributed by atoms with Crippen LogP contribution in [0.2, 0.25) is 0 Å². The van der Waals surface area contributed by atoms with Crippen molar-refractivity contribution in [2.75, 3.05) is 34.2 Å². The van der Waals surface area contributed by atoms with Crippen LogP contribution in [0.25, 0.3) is 0 Å². The van der Waals surface area contributed by atoms with Gasteiger partial charge in [-0.25, -0.2) is 0 Å². The predicted molar refractivity (Wildman–Crippen MR) is 76.7 cm³/mol. The van der Waals surface area contributed by atoms with E-state index in [4.69, 9.17) is 5.73 Å². The van der Waals surface area contributed by atoms with Crippen LogP contribution in [0.4, 0.5) is 0 Å². The zero-order valence-electron chi connectivity index (χ0n) is 11.8. The molecule has 1 aliphatic rings. The van der Waals surface area contributed by atoms with Gasteiger partial charge in [-0.1, -0.05) is 24.3 Å². The largest absolute Gasteiger partial charge is 0.323 e. The average molecular weight is 247 g/mol. The van der Waals surface area contributed by atoms with E-state index in [9.17, 15) is 0 Å². The Hall–Kier alpha value is -0.900. The lowest BCUT2D eigenvalue weighted by molar-refractivity contribution is 0.176. The summed E-state index contributed by atoms with van der Waals surface area (Å²) in [5.74, 6) is 0. The third-order valence-corrected chi connectivity index (χ3v) is 4.00. The van der Waals surface area contributed by atoms with E-state index in [1.165, 1.54) is 17.5 Å². The number of aryl methyl sites for hydroxylation is 1. The molecule has 0 aromatic heterocycles. The molecule has 2 rings (SSSR count). The number of fused-ring (bicyclic) bond motifs is 1. The van der Waals surface area contributed by atoms with Gasteiger partial charge in [-0.15, -0.1) is 0 Å². The molecule has 3 nitrogen and oxygen atoms in total. The molecule has 0 saturated heterocycles. The van der Waals surface area contributed by atoms with Crippen LogP contribution >= 0.6 is 0 Å². The standard InChI is InChI=1S/C15H25N3/c1-17(2)10-11-18(3)14-9-8-12-6-4-5-7-13(12)15(14)16/h4-7,14-15H,8-11,16H2,1-3H3. The van der Waals surface area contributed by atoms with Gasteiger partial charge in [-0.3, -0.25) is 0 Å². The van der Waals surface area contributed by atoms with Crippen molar-refractivity contribution in [2.45, 2.75) is 24.9 Å². The molecular formula is C15H25N3. The Balaban J connectivity index is 2.04. The number of benzene rings is 1. The second-order valence-electron chi connectivity index (χ2n) is 5.61. The fourth-order valence-corrected chi connectivity index (χ4v) is 2.80. The summed E-state index contributed by atoms with van der Waals surface area (Å²) >= 11 is 0. The van der Waals surface area contributed by atoms with Gasteiger partial charge in [0, 0.05) is 25.2 Å². The summed E-state index contributed by atoms with van der Waals surface area (Å²) in [7, 11) is 6.43. The molecule has 2 atom stereocenters. The molecule has 0 heterocycles. The molecule has 0 amide bonds. The highest BCUT2D eigenvalue weighted by Crippen LogP contribution is 2.30. The lowest BCUT2D eigenvalue weighted by atomic mass is 9.84. The molecule has 0 aliphatic heterocycles. The van der Waals surface area contributed by atoms with Crippen LogP contribution in [-0.2, 0) is 6.42 Å². The zero-order valence-corrected chi connectivity index (χ0v) is 11.8. The summed E-state index contributed by atoms with van der Waals surface area (Å²) in [6.07, 6.45) is 2.32. The van der Waals surface area contributed by atoms with E-state index in [2.05, 4.69) is 55.2 Å². The summed E-state index contributed by atoms with van der Waals surface area (Å²) in [4.78, 5) is 4.64. The highest BCUT2D eigenvalue weighted by atomic mass is 15.2. The maximum Gasteiger partial charge on any atom is 0.0455 e. The van der Waals surface area contributed by atoms with Gasteiger partial charge in [-0.2, -0.15) is 0 Å². The van der Waals surface area contributed by atoms with Gasteiger partial charge in [0.1, 0.15) is 0 Å². The first-order chi connectivity index (χ1) is 8.59. The van der Waals surface area contributed by atoms with Crippen molar-refractivity contribution in [1.82, 2.24) is 9.80 Å². The summed E-state index contributed by atoms with van der Waals surface area (Å²) in [5, 5.41) is 0. The highest BCUT2D eigenvalue weighted by Gasteiger charge is 2.28. The molecule has 2 N–H and O–H groups in total. The van der Waals surface area contributed by atoms with E-state index < -0.39 is 0 Å². The van der Waals surface area contributed by atoms with Crippen molar-refractivity contribution in [1.29, 1.82) is 0 Å². The number of hydrogen-bond acceptors (Lipinski definition) is 3. The Morgan fingerprint density at radius 1 is 1.17 bits per heavy atom. The summed E-state index contributed by atoms with van der Waals surface area (Å²) < 4.78 is 0. The minimum Gasteiger partial charge on any atom is -0.323 e. The molecule has 0 bridgehead atoms. The first-order valence-electron chi connectivity index (χ1n) is 6.78. The fraction of sp³-hybridized carbons (Fsp3) is 0.600. The van der Waals surface area contributed by atoms with E-state index in [0.29, 0.717) is 6.04 Å². The minimum absolute atomic E-state index is 0.155. The van der Waals surface area contributed by atoms with Crippen LogP contribution in [0.15, 0.2) is 24.3 Å². The summed E-state index contributed by atoms with van der Waals surface area (Å²) in [6, 6.07) is 9.24. The van der Waals surface area contributed by atoms with Gasteiger partial charge in [0.05, 0.1) is 0 Å². The van der Waals surface area contributed by atoms with Crippen molar-refractivity contribution >= 4 is 0 Å². The minimum atomic E-state index is 0.155. The average Bonchev–Trinajstić information content (AvgIpc) is 2.37. The van der Waals surface area contributed by atoms with Gasteiger partial charge in [0.15, 0.2) is 0 Å². The van der Waals surface area contributed by atoms with Gasteiger partial charge >= 0.3 is 0 Å². The second-order valence-corrected chi connectivity index (χ2v) is 5.61. The molecular weight excluding hydrogens is 222 g/mol. The molecule has 1 aliphatic carbocycles. The Bertz CT molecular complexity index is 389. The van der Waals surface area contributed by atoms with Crippen LogP contribution in [0, 0.1) is 0 Å². The molecule has 18 heavy (non-hydrogen) atoms. The zero-order chi connectivity index (χ0) is 13.1. The first-order valence-corrected chi connectivity index (χ1v) is 6.78. The van der Waals surface area contributed by atoms with Crippen molar-refractivity contribution in [3.63, 3.8) is 0 Å². The molecule has 3 heteroatoms. The first kappa shape index (κ1) is 13.5. The van der Waals surface area contributed by atoms with E-state index >= 15 is 0 Å². The maximum absolute atomic E-state index is 6.44. The molecule has 0 radical (unpaired) electrons. The van der Waals surface area contributed by atoms with Crippen molar-refractivity contribution in [2.24, 2.45) is 5.73 Å². The normalized spacial score (nSPS) is 23.4. The highest BCUT2D eigenvalue weighted by molar-refractivity contribution is 5.33. The van der Waals surface area contributed by atoms with Gasteiger partial charge in [0.2, 0.25) is 0 Å². The molecule has 1 aromatic rings. The van der Waals surface area contributed by atoms with Gasteiger partial charge < -0.3 is 15.5 Å². The lowest BCUT2D eigenvalue weighted by Crippen LogP contribution is -2.45. The number of likely N-dealkylation sites (N-methyl/N-ethyl adjacent to an activating group) is 2. The number of nitrogens with zero attached hydrogens (tertiary/aromatic N) is 2. The lowest BCUT2D eigenvalue weighted by Gasteiger charge is -2.37. The Morgan fingerprint density at radius 3 is 2.61 bits per heavy atom. The Labute approximate surface area is 111 Å². The van der Waals surface area contributed by atoms with Crippen molar-refractivity contribution in [3.05, 3.63) is 35.4 Å². The number of rotatable bonds is 4. The quantitative estimate of drug-likeness (QED) is 0.875. The Morgan fingerprint density at radius 2 is 1.89 bits per heavy atom. The summed E-state index contributed by atoms with van der Waals surface area (Å²) in [6.45, 7) is 2.16. The maximum atomic E-state index is 6.44. The fourth-order valence-electron chi connectivity index (χ4n) is 2.80.